The number of benzene rings is 1. The summed E-state index contributed by atoms with van der Waals surface area (Å²) in [4.78, 5) is 14.9. The molecule has 1 aromatic carbocycles. The van der Waals surface area contributed by atoms with E-state index in [1.54, 1.807) is 0 Å². The zero-order valence-electron chi connectivity index (χ0n) is 12.2. The van der Waals surface area contributed by atoms with Crippen LogP contribution in [0.5, 0.6) is 0 Å². The van der Waals surface area contributed by atoms with Crippen LogP contribution in [-0.2, 0) is 4.79 Å². The van der Waals surface area contributed by atoms with E-state index in [0.29, 0.717) is 17.9 Å². The molecular weight excluding hydrogens is 248 g/mol. The second-order valence-corrected chi connectivity index (χ2v) is 5.96. The number of hydrogen-bond donors (Lipinski definition) is 1. The van der Waals surface area contributed by atoms with Crippen molar-refractivity contribution >= 4 is 5.91 Å². The fourth-order valence-electron chi connectivity index (χ4n) is 3.46. The third kappa shape index (κ3) is 2.73. The fraction of sp³-hybridized carbons (Fsp3) is 0.588. The van der Waals surface area contributed by atoms with Crippen molar-refractivity contribution < 1.29 is 4.79 Å². The Morgan fingerprint density at radius 2 is 1.95 bits per heavy atom. The number of piperidine rings is 1. The highest BCUT2D eigenvalue weighted by Gasteiger charge is 2.46. The van der Waals surface area contributed by atoms with E-state index in [0.717, 1.165) is 38.9 Å². The maximum atomic E-state index is 12.7. The Morgan fingerprint density at radius 1 is 1.25 bits per heavy atom. The standard InChI is InChI=1S/C17H24N2O/c1-2-19(14-8-10-18-11-9-14)17(20)16-12-15(16)13-6-4-3-5-7-13/h3-7,14-16,18H,2,8-12H2,1H3. The minimum Gasteiger partial charge on any atom is -0.340 e. The van der Waals surface area contributed by atoms with Crippen molar-refractivity contribution in [2.75, 3.05) is 19.6 Å². The normalized spacial score (nSPS) is 26.2. The van der Waals surface area contributed by atoms with E-state index >= 15 is 0 Å². The summed E-state index contributed by atoms with van der Waals surface area (Å²) < 4.78 is 0. The van der Waals surface area contributed by atoms with E-state index in [1.807, 2.05) is 6.07 Å². The summed E-state index contributed by atoms with van der Waals surface area (Å²) in [6, 6.07) is 10.9. The van der Waals surface area contributed by atoms with Crippen LogP contribution >= 0.6 is 0 Å². The van der Waals surface area contributed by atoms with Crippen LogP contribution in [-0.4, -0.2) is 36.5 Å². The van der Waals surface area contributed by atoms with Crippen LogP contribution < -0.4 is 5.32 Å². The van der Waals surface area contributed by atoms with E-state index in [1.165, 1.54) is 5.56 Å². The number of carbonyl (C=O) groups is 1. The van der Waals surface area contributed by atoms with Crippen molar-refractivity contribution in [2.24, 2.45) is 5.92 Å². The van der Waals surface area contributed by atoms with E-state index in [2.05, 4.69) is 41.4 Å². The van der Waals surface area contributed by atoms with Gasteiger partial charge in [-0.3, -0.25) is 4.79 Å². The van der Waals surface area contributed by atoms with Crippen LogP contribution in [0.3, 0.4) is 0 Å². The van der Waals surface area contributed by atoms with Gasteiger partial charge in [0.1, 0.15) is 0 Å². The van der Waals surface area contributed by atoms with Crippen molar-refractivity contribution in [3.8, 4) is 0 Å². The predicted molar refractivity (Wildman–Crippen MR) is 80.6 cm³/mol. The fourth-order valence-corrected chi connectivity index (χ4v) is 3.46. The number of hydrogen-bond acceptors (Lipinski definition) is 2. The van der Waals surface area contributed by atoms with Gasteiger partial charge >= 0.3 is 0 Å². The van der Waals surface area contributed by atoms with Crippen LogP contribution in [0.15, 0.2) is 30.3 Å². The van der Waals surface area contributed by atoms with Gasteiger partial charge in [0.2, 0.25) is 5.91 Å². The van der Waals surface area contributed by atoms with Gasteiger partial charge in [0.25, 0.3) is 0 Å². The van der Waals surface area contributed by atoms with Gasteiger partial charge in [-0.2, -0.15) is 0 Å². The average Bonchev–Trinajstić information content (AvgIpc) is 3.30. The molecule has 2 aliphatic rings. The van der Waals surface area contributed by atoms with Gasteiger partial charge in [0.15, 0.2) is 0 Å². The second kappa shape index (κ2) is 5.96. The largest absolute Gasteiger partial charge is 0.340 e. The first-order valence-corrected chi connectivity index (χ1v) is 7.87. The van der Waals surface area contributed by atoms with E-state index in [4.69, 9.17) is 0 Å². The van der Waals surface area contributed by atoms with Crippen LogP contribution in [0, 0.1) is 5.92 Å². The molecule has 1 aromatic rings. The lowest BCUT2D eigenvalue weighted by Gasteiger charge is -2.34. The Labute approximate surface area is 121 Å². The molecule has 3 nitrogen and oxygen atoms in total. The molecule has 1 amide bonds. The maximum Gasteiger partial charge on any atom is 0.226 e. The number of amides is 1. The first-order valence-electron chi connectivity index (χ1n) is 7.87. The van der Waals surface area contributed by atoms with Crippen molar-refractivity contribution in [3.63, 3.8) is 0 Å². The van der Waals surface area contributed by atoms with Crippen LogP contribution in [0.25, 0.3) is 0 Å². The monoisotopic (exact) mass is 272 g/mol. The quantitative estimate of drug-likeness (QED) is 0.913. The predicted octanol–water partition coefficient (Wildman–Crippen LogP) is 2.39. The molecule has 0 aromatic heterocycles. The van der Waals surface area contributed by atoms with Gasteiger partial charge in [0.05, 0.1) is 0 Å². The summed E-state index contributed by atoms with van der Waals surface area (Å²) in [7, 11) is 0. The molecule has 108 valence electrons. The number of rotatable bonds is 4. The highest BCUT2D eigenvalue weighted by molar-refractivity contribution is 5.83. The van der Waals surface area contributed by atoms with Gasteiger partial charge < -0.3 is 10.2 Å². The topological polar surface area (TPSA) is 32.3 Å². The Hall–Kier alpha value is -1.35. The molecule has 20 heavy (non-hydrogen) atoms. The lowest BCUT2D eigenvalue weighted by molar-refractivity contribution is -0.135. The van der Waals surface area contributed by atoms with E-state index < -0.39 is 0 Å². The molecule has 1 saturated carbocycles. The molecule has 1 aliphatic heterocycles. The summed E-state index contributed by atoms with van der Waals surface area (Å²) in [5, 5.41) is 3.37. The summed E-state index contributed by atoms with van der Waals surface area (Å²) in [6.45, 7) is 5.05. The van der Waals surface area contributed by atoms with E-state index in [-0.39, 0.29) is 5.92 Å². The Balaban J connectivity index is 1.64. The van der Waals surface area contributed by atoms with Crippen molar-refractivity contribution in [1.82, 2.24) is 10.2 Å². The van der Waals surface area contributed by atoms with Gasteiger partial charge in [0, 0.05) is 18.5 Å². The molecule has 0 radical (unpaired) electrons. The van der Waals surface area contributed by atoms with Crippen LogP contribution in [0.2, 0.25) is 0 Å². The highest BCUT2D eigenvalue weighted by Crippen LogP contribution is 2.48. The van der Waals surface area contributed by atoms with Crippen LogP contribution in [0.4, 0.5) is 0 Å². The van der Waals surface area contributed by atoms with Crippen molar-refractivity contribution in [3.05, 3.63) is 35.9 Å². The number of nitrogens with zero attached hydrogens (tertiary/aromatic N) is 1. The molecule has 1 N–H and O–H groups in total. The maximum absolute atomic E-state index is 12.7. The SMILES string of the molecule is CCN(C(=O)C1CC1c1ccccc1)C1CCNCC1. The van der Waals surface area contributed by atoms with Gasteiger partial charge in [-0.05, 0) is 50.8 Å². The van der Waals surface area contributed by atoms with Gasteiger partial charge in [-0.1, -0.05) is 30.3 Å². The number of nitrogens with one attached hydrogen (secondary N) is 1. The van der Waals surface area contributed by atoms with Gasteiger partial charge in [-0.25, -0.2) is 0 Å². The molecule has 2 atom stereocenters. The molecule has 1 heterocycles. The average molecular weight is 272 g/mol. The molecule has 1 aliphatic carbocycles. The minimum atomic E-state index is 0.229. The van der Waals surface area contributed by atoms with Crippen molar-refractivity contribution in [2.45, 2.75) is 38.1 Å². The third-order valence-electron chi connectivity index (χ3n) is 4.71. The smallest absolute Gasteiger partial charge is 0.226 e. The lowest BCUT2D eigenvalue weighted by Crippen LogP contribution is -2.46. The van der Waals surface area contributed by atoms with Crippen molar-refractivity contribution in [1.29, 1.82) is 0 Å². The second-order valence-electron chi connectivity index (χ2n) is 5.96. The molecule has 2 fully saturated rings. The molecule has 0 bridgehead atoms. The summed E-state index contributed by atoms with van der Waals surface area (Å²) in [5.74, 6) is 1.07. The molecule has 0 spiro atoms. The Morgan fingerprint density at radius 3 is 2.60 bits per heavy atom. The highest BCUT2D eigenvalue weighted by atomic mass is 16.2. The van der Waals surface area contributed by atoms with Crippen LogP contribution in [0.1, 0.15) is 37.7 Å². The molecule has 2 unspecified atom stereocenters. The Kier molecular flexibility index (Phi) is 4.06. The molecule has 1 saturated heterocycles. The first kappa shape index (κ1) is 13.6. The molecule has 3 rings (SSSR count). The van der Waals surface area contributed by atoms with Gasteiger partial charge in [-0.15, -0.1) is 0 Å². The summed E-state index contributed by atoms with van der Waals surface area (Å²) >= 11 is 0. The molecular formula is C17H24N2O. The lowest BCUT2D eigenvalue weighted by atomic mass is 10.0. The first-order chi connectivity index (χ1) is 9.81. The zero-order valence-corrected chi connectivity index (χ0v) is 12.2. The Bertz CT molecular complexity index is 453. The summed E-state index contributed by atoms with van der Waals surface area (Å²) in [5.41, 5.74) is 1.33. The minimum absolute atomic E-state index is 0.229. The molecule has 3 heteroatoms. The third-order valence-corrected chi connectivity index (χ3v) is 4.71. The van der Waals surface area contributed by atoms with E-state index in [9.17, 15) is 4.79 Å². The number of carbonyl (C=O) groups excluding carboxylic acids is 1. The summed E-state index contributed by atoms with van der Waals surface area (Å²) in [6.07, 6.45) is 3.23. The zero-order chi connectivity index (χ0) is 13.9.